The molecule has 4 nitrogen and oxygen atoms in total. The molecule has 0 N–H and O–H groups in total. The predicted octanol–water partition coefficient (Wildman–Crippen LogP) is 2.81. The van der Waals surface area contributed by atoms with Crippen molar-refractivity contribution in [3.05, 3.63) is 46.7 Å². The molecule has 6 heteroatoms. The number of thiazole rings is 1. The van der Waals surface area contributed by atoms with Crippen LogP contribution >= 0.6 is 23.1 Å². The Hall–Kier alpha value is -0.950. The number of likely N-dealkylation sites (tertiary alicyclic amines) is 1. The van der Waals surface area contributed by atoms with Crippen molar-refractivity contribution >= 4 is 23.1 Å². The average Bonchev–Trinajstić information content (AvgIpc) is 3.16. The monoisotopic (exact) mass is 333 g/mol. The van der Waals surface area contributed by atoms with Gasteiger partial charge in [-0.05, 0) is 18.6 Å². The minimum Gasteiger partial charge on any atom is -0.371 e. The smallest absolute Gasteiger partial charge is 0.107 e. The number of nitrogens with zero attached hydrogens (tertiary/aromatic N) is 3. The van der Waals surface area contributed by atoms with Gasteiger partial charge < -0.3 is 4.74 Å². The molecule has 1 spiro atoms. The van der Waals surface area contributed by atoms with E-state index in [4.69, 9.17) is 4.74 Å². The zero-order valence-corrected chi connectivity index (χ0v) is 14.0. The molecular formula is C16H19N3OS2. The van der Waals surface area contributed by atoms with Crippen molar-refractivity contribution in [2.45, 2.75) is 30.4 Å². The fourth-order valence-electron chi connectivity index (χ4n) is 3.22. The van der Waals surface area contributed by atoms with Crippen LogP contribution in [0.4, 0.5) is 0 Å². The van der Waals surface area contributed by atoms with E-state index >= 15 is 0 Å². The van der Waals surface area contributed by atoms with E-state index in [9.17, 15) is 0 Å². The van der Waals surface area contributed by atoms with Crippen LogP contribution in [0.2, 0.25) is 0 Å². The Labute approximate surface area is 138 Å². The zero-order chi connectivity index (χ0) is 14.8. The first-order valence-electron chi connectivity index (χ1n) is 7.58. The van der Waals surface area contributed by atoms with Crippen molar-refractivity contribution < 1.29 is 4.74 Å². The van der Waals surface area contributed by atoms with E-state index in [0.29, 0.717) is 17.5 Å². The van der Waals surface area contributed by atoms with Crippen molar-refractivity contribution in [1.82, 2.24) is 14.9 Å². The second kappa shape index (κ2) is 6.28. The number of pyridine rings is 1. The third-order valence-corrected chi connectivity index (χ3v) is 6.57. The highest BCUT2D eigenvalue weighted by molar-refractivity contribution is 8.01. The molecule has 0 unspecified atom stereocenters. The standard InChI is InChI=1S/C16H19N3OS2/c1-2-4-17-13(3-1)9-20-14-7-16(22-10-14)11-19(12-16)8-15-18-5-6-21-15/h1-6,14H,7-12H2/t14-/m1/s1. The van der Waals surface area contributed by atoms with Crippen LogP contribution in [0.15, 0.2) is 36.0 Å². The Kier molecular flexibility index (Phi) is 4.17. The topological polar surface area (TPSA) is 38.2 Å². The van der Waals surface area contributed by atoms with E-state index in [1.54, 1.807) is 11.3 Å². The molecule has 2 aromatic heterocycles. The molecule has 0 amide bonds. The Bertz CT molecular complexity index is 599. The first kappa shape index (κ1) is 14.6. The van der Waals surface area contributed by atoms with Gasteiger partial charge in [0.1, 0.15) is 5.01 Å². The fourth-order valence-corrected chi connectivity index (χ4v) is 5.48. The zero-order valence-electron chi connectivity index (χ0n) is 12.4. The molecule has 0 aromatic carbocycles. The van der Waals surface area contributed by atoms with Crippen LogP contribution in [0.25, 0.3) is 0 Å². The van der Waals surface area contributed by atoms with Gasteiger partial charge in [0.25, 0.3) is 0 Å². The van der Waals surface area contributed by atoms with Gasteiger partial charge in [0.2, 0.25) is 0 Å². The van der Waals surface area contributed by atoms with Crippen LogP contribution in [0.5, 0.6) is 0 Å². The summed E-state index contributed by atoms with van der Waals surface area (Å²) in [7, 11) is 0. The Morgan fingerprint density at radius 1 is 1.27 bits per heavy atom. The number of rotatable bonds is 5. The molecule has 22 heavy (non-hydrogen) atoms. The van der Waals surface area contributed by atoms with Crippen LogP contribution in [0.3, 0.4) is 0 Å². The molecule has 2 aromatic rings. The number of thioether (sulfide) groups is 1. The van der Waals surface area contributed by atoms with E-state index in [1.807, 2.05) is 30.6 Å². The SMILES string of the molecule is c1ccc(CO[C@H]2CSC3(C2)CN(Cc2nccs2)C3)nc1. The van der Waals surface area contributed by atoms with Crippen LogP contribution in [0.1, 0.15) is 17.1 Å². The van der Waals surface area contributed by atoms with Crippen LogP contribution in [-0.4, -0.2) is 44.6 Å². The van der Waals surface area contributed by atoms with Gasteiger partial charge in [-0.25, -0.2) is 4.98 Å². The Morgan fingerprint density at radius 3 is 3.00 bits per heavy atom. The number of hydrogen-bond donors (Lipinski definition) is 0. The summed E-state index contributed by atoms with van der Waals surface area (Å²) < 4.78 is 6.47. The molecule has 0 radical (unpaired) electrons. The lowest BCUT2D eigenvalue weighted by molar-refractivity contribution is 0.0251. The third-order valence-electron chi connectivity index (χ3n) is 4.23. The maximum Gasteiger partial charge on any atom is 0.107 e. The van der Waals surface area contributed by atoms with Gasteiger partial charge in [-0.1, -0.05) is 6.07 Å². The second-order valence-corrected chi connectivity index (χ2v) is 8.49. The van der Waals surface area contributed by atoms with Gasteiger partial charge >= 0.3 is 0 Å². The number of ether oxygens (including phenoxy) is 1. The largest absolute Gasteiger partial charge is 0.371 e. The van der Waals surface area contributed by atoms with Crippen molar-refractivity contribution in [1.29, 1.82) is 0 Å². The summed E-state index contributed by atoms with van der Waals surface area (Å²) in [6.45, 7) is 3.96. The molecular weight excluding hydrogens is 314 g/mol. The summed E-state index contributed by atoms with van der Waals surface area (Å²) in [5.41, 5.74) is 1.02. The summed E-state index contributed by atoms with van der Waals surface area (Å²) >= 11 is 3.83. The van der Waals surface area contributed by atoms with Crippen LogP contribution in [0, 0.1) is 0 Å². The van der Waals surface area contributed by atoms with E-state index in [-0.39, 0.29) is 0 Å². The molecule has 0 bridgehead atoms. The lowest BCUT2D eigenvalue weighted by Gasteiger charge is -2.47. The van der Waals surface area contributed by atoms with Crippen molar-refractivity contribution in [3.63, 3.8) is 0 Å². The number of hydrogen-bond acceptors (Lipinski definition) is 6. The van der Waals surface area contributed by atoms with E-state index in [1.165, 1.54) is 24.5 Å². The molecule has 0 saturated carbocycles. The van der Waals surface area contributed by atoms with Crippen molar-refractivity contribution in [2.75, 3.05) is 18.8 Å². The Balaban J connectivity index is 1.23. The van der Waals surface area contributed by atoms with Gasteiger partial charge in [-0.2, -0.15) is 0 Å². The summed E-state index contributed by atoms with van der Waals surface area (Å²) in [5.74, 6) is 1.11. The van der Waals surface area contributed by atoms with Gasteiger partial charge in [0, 0.05) is 41.4 Å². The van der Waals surface area contributed by atoms with E-state index < -0.39 is 0 Å². The van der Waals surface area contributed by atoms with Crippen molar-refractivity contribution in [3.8, 4) is 0 Å². The Morgan fingerprint density at radius 2 is 2.23 bits per heavy atom. The van der Waals surface area contributed by atoms with E-state index in [0.717, 1.165) is 18.0 Å². The summed E-state index contributed by atoms with van der Waals surface area (Å²) in [4.78, 5) is 11.2. The third kappa shape index (κ3) is 3.20. The van der Waals surface area contributed by atoms with Gasteiger partial charge in [-0.15, -0.1) is 23.1 Å². The lowest BCUT2D eigenvalue weighted by atomic mass is 9.93. The number of aromatic nitrogens is 2. The van der Waals surface area contributed by atoms with E-state index in [2.05, 4.69) is 32.0 Å². The summed E-state index contributed by atoms with van der Waals surface area (Å²) in [5, 5.41) is 3.28. The first-order chi connectivity index (χ1) is 10.8. The molecule has 2 aliphatic heterocycles. The van der Waals surface area contributed by atoms with Gasteiger partial charge in [0.15, 0.2) is 0 Å². The molecule has 4 heterocycles. The first-order valence-corrected chi connectivity index (χ1v) is 9.44. The molecule has 116 valence electrons. The van der Waals surface area contributed by atoms with Gasteiger partial charge in [-0.3, -0.25) is 9.88 Å². The highest BCUT2D eigenvalue weighted by Crippen LogP contribution is 2.46. The lowest BCUT2D eigenvalue weighted by Crippen LogP contribution is -2.58. The molecule has 0 aliphatic carbocycles. The molecule has 1 atom stereocenters. The summed E-state index contributed by atoms with van der Waals surface area (Å²) in [6, 6.07) is 5.98. The highest BCUT2D eigenvalue weighted by Gasteiger charge is 2.49. The van der Waals surface area contributed by atoms with Crippen LogP contribution in [-0.2, 0) is 17.9 Å². The molecule has 2 saturated heterocycles. The maximum absolute atomic E-state index is 6.05. The van der Waals surface area contributed by atoms with Gasteiger partial charge in [0.05, 0.1) is 24.9 Å². The minimum atomic E-state index is 0.369. The fraction of sp³-hybridized carbons (Fsp3) is 0.500. The highest BCUT2D eigenvalue weighted by atomic mass is 32.2. The normalized spacial score (nSPS) is 23.7. The molecule has 4 rings (SSSR count). The quantitative estimate of drug-likeness (QED) is 0.841. The average molecular weight is 333 g/mol. The molecule has 2 aliphatic rings. The van der Waals surface area contributed by atoms with Crippen molar-refractivity contribution in [2.24, 2.45) is 0 Å². The molecule has 2 fully saturated rings. The second-order valence-electron chi connectivity index (χ2n) is 6.02. The maximum atomic E-state index is 6.05. The minimum absolute atomic E-state index is 0.369. The predicted molar refractivity (Wildman–Crippen MR) is 90.0 cm³/mol. The summed E-state index contributed by atoms with van der Waals surface area (Å²) in [6.07, 6.45) is 5.25. The van der Waals surface area contributed by atoms with Crippen LogP contribution < -0.4 is 0 Å².